The highest BCUT2D eigenvalue weighted by Gasteiger charge is 2.21. The summed E-state index contributed by atoms with van der Waals surface area (Å²) in [6.07, 6.45) is 4.53. The van der Waals surface area contributed by atoms with Gasteiger partial charge in [0.2, 0.25) is 0 Å². The molecular formula is C9H11NO. The number of ether oxygens (including phenoxy) is 1. The van der Waals surface area contributed by atoms with Gasteiger partial charge in [0.15, 0.2) is 0 Å². The predicted molar refractivity (Wildman–Crippen MR) is 42.3 cm³/mol. The Bertz CT molecular complexity index is 218. The third-order valence-electron chi connectivity index (χ3n) is 1.85. The van der Waals surface area contributed by atoms with Crippen LogP contribution in [0.15, 0.2) is 24.4 Å². The molecule has 2 nitrogen and oxygen atoms in total. The van der Waals surface area contributed by atoms with Crippen LogP contribution in [0.3, 0.4) is 0 Å². The Hall–Kier alpha value is -0.890. The zero-order chi connectivity index (χ0) is 7.52. The molecule has 1 fully saturated rings. The van der Waals surface area contributed by atoms with Gasteiger partial charge in [-0.2, -0.15) is 0 Å². The van der Waals surface area contributed by atoms with E-state index >= 15 is 0 Å². The fourth-order valence-corrected chi connectivity index (χ4v) is 1.09. The fourth-order valence-electron chi connectivity index (χ4n) is 1.09. The minimum Gasteiger partial charge on any atom is -0.373 e. The average Bonchev–Trinajstić information content (AvgIpc) is 2.86. The first-order chi connectivity index (χ1) is 5.45. The molecule has 2 heterocycles. The molecule has 2 rings (SSSR count). The lowest BCUT2D eigenvalue weighted by atomic mass is 10.2. The van der Waals surface area contributed by atoms with Crippen molar-refractivity contribution in [2.24, 2.45) is 0 Å². The highest BCUT2D eigenvalue weighted by atomic mass is 16.6. The van der Waals surface area contributed by atoms with Gasteiger partial charge in [-0.05, 0) is 25.0 Å². The first kappa shape index (κ1) is 6.80. The van der Waals surface area contributed by atoms with Crippen molar-refractivity contribution in [3.8, 4) is 0 Å². The van der Waals surface area contributed by atoms with Gasteiger partial charge >= 0.3 is 0 Å². The van der Waals surface area contributed by atoms with E-state index in [1.54, 1.807) is 0 Å². The van der Waals surface area contributed by atoms with E-state index in [-0.39, 0.29) is 0 Å². The van der Waals surface area contributed by atoms with Gasteiger partial charge in [0.05, 0.1) is 12.7 Å². The second-order valence-electron chi connectivity index (χ2n) is 2.82. The van der Waals surface area contributed by atoms with E-state index < -0.39 is 0 Å². The number of rotatable bonds is 3. The molecule has 0 aliphatic carbocycles. The summed E-state index contributed by atoms with van der Waals surface area (Å²) in [6.45, 7) is 0.951. The largest absolute Gasteiger partial charge is 0.373 e. The molecule has 58 valence electrons. The maximum atomic E-state index is 5.10. The normalized spacial score (nSPS) is 21.6. The second kappa shape index (κ2) is 3.01. The van der Waals surface area contributed by atoms with Crippen LogP contribution >= 0.6 is 0 Å². The van der Waals surface area contributed by atoms with Crippen LogP contribution in [0.25, 0.3) is 0 Å². The molecule has 1 saturated heterocycles. The van der Waals surface area contributed by atoms with Crippen molar-refractivity contribution in [2.75, 3.05) is 6.61 Å². The van der Waals surface area contributed by atoms with Gasteiger partial charge in [0.1, 0.15) is 0 Å². The Kier molecular flexibility index (Phi) is 1.86. The molecule has 0 saturated carbocycles. The Labute approximate surface area is 66.2 Å². The monoisotopic (exact) mass is 149 g/mol. The first-order valence-electron chi connectivity index (χ1n) is 3.96. The Morgan fingerprint density at radius 2 is 2.45 bits per heavy atom. The number of hydrogen-bond donors (Lipinski definition) is 0. The molecule has 0 spiro atoms. The van der Waals surface area contributed by atoms with Crippen LogP contribution in [0.5, 0.6) is 0 Å². The lowest BCUT2D eigenvalue weighted by Gasteiger charge is -1.95. The molecule has 2 heteroatoms. The van der Waals surface area contributed by atoms with Crippen molar-refractivity contribution < 1.29 is 4.74 Å². The highest BCUT2D eigenvalue weighted by Crippen LogP contribution is 2.15. The zero-order valence-corrected chi connectivity index (χ0v) is 6.36. The molecule has 1 aliphatic heterocycles. The van der Waals surface area contributed by atoms with E-state index in [9.17, 15) is 0 Å². The minimum atomic E-state index is 0.525. The van der Waals surface area contributed by atoms with Crippen LogP contribution in [-0.4, -0.2) is 17.7 Å². The number of epoxide rings is 1. The van der Waals surface area contributed by atoms with Crippen molar-refractivity contribution in [1.82, 2.24) is 4.98 Å². The van der Waals surface area contributed by atoms with Crippen molar-refractivity contribution in [3.63, 3.8) is 0 Å². The Morgan fingerprint density at radius 3 is 3.09 bits per heavy atom. The molecule has 0 N–H and O–H groups in total. The maximum Gasteiger partial charge on any atom is 0.0813 e. The number of aromatic nitrogens is 1. The Balaban J connectivity index is 1.85. The summed E-state index contributed by atoms with van der Waals surface area (Å²) in [5.41, 5.74) is 1.17. The van der Waals surface area contributed by atoms with Crippen LogP contribution in [0.4, 0.5) is 0 Å². The highest BCUT2D eigenvalue weighted by molar-refractivity contribution is 5.03. The van der Waals surface area contributed by atoms with Crippen LogP contribution in [0.1, 0.15) is 12.1 Å². The summed E-state index contributed by atoms with van der Waals surface area (Å²) in [7, 11) is 0. The van der Waals surface area contributed by atoms with E-state index in [2.05, 4.69) is 11.1 Å². The number of hydrogen-bond acceptors (Lipinski definition) is 2. The standard InChI is InChI=1S/C9H11NO/c1-2-6-10-8(3-1)4-5-9-7-11-9/h1-3,6,9H,4-5,7H2. The number of nitrogens with zero attached hydrogens (tertiary/aromatic N) is 1. The van der Waals surface area contributed by atoms with Gasteiger partial charge in [0, 0.05) is 11.9 Å². The number of pyridine rings is 1. The van der Waals surface area contributed by atoms with Gasteiger partial charge < -0.3 is 4.74 Å². The van der Waals surface area contributed by atoms with E-state index in [1.807, 2.05) is 18.3 Å². The summed E-state index contributed by atoms with van der Waals surface area (Å²) in [5, 5.41) is 0. The third-order valence-corrected chi connectivity index (χ3v) is 1.85. The molecule has 0 bridgehead atoms. The predicted octanol–water partition coefficient (Wildman–Crippen LogP) is 1.41. The van der Waals surface area contributed by atoms with E-state index in [0.29, 0.717) is 6.10 Å². The molecule has 1 atom stereocenters. The van der Waals surface area contributed by atoms with Crippen molar-refractivity contribution in [2.45, 2.75) is 18.9 Å². The smallest absolute Gasteiger partial charge is 0.0813 e. The van der Waals surface area contributed by atoms with Crippen LogP contribution in [0.2, 0.25) is 0 Å². The van der Waals surface area contributed by atoms with Gasteiger partial charge in [-0.3, -0.25) is 4.98 Å². The van der Waals surface area contributed by atoms with Crippen molar-refractivity contribution >= 4 is 0 Å². The summed E-state index contributed by atoms with van der Waals surface area (Å²) < 4.78 is 5.10. The van der Waals surface area contributed by atoms with Crippen molar-refractivity contribution in [3.05, 3.63) is 30.1 Å². The van der Waals surface area contributed by atoms with E-state index in [1.165, 1.54) is 5.69 Å². The van der Waals surface area contributed by atoms with Crippen LogP contribution in [0, 0.1) is 0 Å². The van der Waals surface area contributed by atoms with Crippen LogP contribution in [-0.2, 0) is 11.2 Å². The zero-order valence-electron chi connectivity index (χ0n) is 6.36. The summed E-state index contributed by atoms with van der Waals surface area (Å²) >= 11 is 0. The van der Waals surface area contributed by atoms with E-state index in [4.69, 9.17) is 4.74 Å². The van der Waals surface area contributed by atoms with Crippen molar-refractivity contribution in [1.29, 1.82) is 0 Å². The van der Waals surface area contributed by atoms with Crippen LogP contribution < -0.4 is 0 Å². The average molecular weight is 149 g/mol. The summed E-state index contributed by atoms with van der Waals surface area (Å²) in [6, 6.07) is 6.02. The molecular weight excluding hydrogens is 138 g/mol. The Morgan fingerprint density at radius 1 is 1.55 bits per heavy atom. The van der Waals surface area contributed by atoms with Gasteiger partial charge in [-0.1, -0.05) is 6.07 Å². The molecule has 1 unspecified atom stereocenters. The van der Waals surface area contributed by atoms with Gasteiger partial charge in [-0.25, -0.2) is 0 Å². The third kappa shape index (κ3) is 2.02. The van der Waals surface area contributed by atoms with E-state index in [0.717, 1.165) is 19.4 Å². The quantitative estimate of drug-likeness (QED) is 0.607. The second-order valence-corrected chi connectivity index (χ2v) is 2.82. The minimum absolute atomic E-state index is 0.525. The maximum absolute atomic E-state index is 5.10. The molecule has 11 heavy (non-hydrogen) atoms. The van der Waals surface area contributed by atoms with Gasteiger partial charge in [0.25, 0.3) is 0 Å². The molecule has 0 radical (unpaired) electrons. The lowest BCUT2D eigenvalue weighted by molar-refractivity contribution is 0.396. The summed E-state index contributed by atoms with van der Waals surface area (Å²) in [5.74, 6) is 0. The topological polar surface area (TPSA) is 25.4 Å². The first-order valence-corrected chi connectivity index (χ1v) is 3.96. The molecule has 0 aromatic carbocycles. The fraction of sp³-hybridized carbons (Fsp3) is 0.444. The molecule has 1 aromatic rings. The molecule has 0 amide bonds. The lowest BCUT2D eigenvalue weighted by Crippen LogP contribution is -1.92. The molecule has 1 aliphatic rings. The SMILES string of the molecule is c1ccc(CCC2CO2)nc1. The number of aryl methyl sites for hydroxylation is 1. The summed E-state index contributed by atoms with van der Waals surface area (Å²) in [4.78, 5) is 4.22. The van der Waals surface area contributed by atoms with Gasteiger partial charge in [-0.15, -0.1) is 0 Å². The molecule has 1 aromatic heterocycles.